The molecule has 0 spiro atoms. The van der Waals surface area contributed by atoms with Gasteiger partial charge in [0.05, 0.1) is 10.5 Å². The van der Waals surface area contributed by atoms with Crippen LogP contribution in [0.5, 0.6) is 0 Å². The van der Waals surface area contributed by atoms with Crippen LogP contribution in [0.2, 0.25) is 0 Å². The van der Waals surface area contributed by atoms with Crippen LogP contribution in [-0.2, 0) is 0 Å². The van der Waals surface area contributed by atoms with E-state index in [1.54, 1.807) is 12.4 Å². The molecule has 3 nitrogen and oxygen atoms in total. The van der Waals surface area contributed by atoms with Crippen molar-refractivity contribution >= 4 is 31.9 Å². The number of nitriles is 1. The van der Waals surface area contributed by atoms with Crippen molar-refractivity contribution in [3.8, 4) is 6.07 Å². The van der Waals surface area contributed by atoms with Crippen LogP contribution in [-0.4, -0.2) is 15.3 Å². The summed E-state index contributed by atoms with van der Waals surface area (Å²) in [6.07, 6.45) is 3.27. The normalized spacial score (nSPS) is 12.1. The minimum absolute atomic E-state index is 0.266. The number of hydrogen-bond acceptors (Lipinski definition) is 3. The van der Waals surface area contributed by atoms with Gasteiger partial charge in [0.15, 0.2) is 0 Å². The molecule has 1 atom stereocenters. The third-order valence-corrected chi connectivity index (χ3v) is 2.32. The van der Waals surface area contributed by atoms with E-state index in [0.29, 0.717) is 11.2 Å². The van der Waals surface area contributed by atoms with Gasteiger partial charge in [-0.15, -0.1) is 0 Å². The number of nitrogens with zero attached hydrogens (tertiary/aromatic N) is 3. The van der Waals surface area contributed by atoms with Gasteiger partial charge in [-0.05, 0) is 15.9 Å². The molecular weight excluding hydrogens is 286 g/mol. The quantitative estimate of drug-likeness (QED) is 0.785. The van der Waals surface area contributed by atoms with E-state index in [0.717, 1.165) is 4.47 Å². The van der Waals surface area contributed by atoms with Gasteiger partial charge in [0, 0.05) is 17.7 Å². The molecule has 0 N–H and O–H groups in total. The monoisotopic (exact) mass is 289 g/mol. The van der Waals surface area contributed by atoms with E-state index in [-0.39, 0.29) is 5.92 Å². The molecule has 0 aliphatic carbocycles. The maximum atomic E-state index is 8.68. The second-order valence-electron chi connectivity index (χ2n) is 2.10. The summed E-state index contributed by atoms with van der Waals surface area (Å²) in [6, 6.07) is 2.10. The van der Waals surface area contributed by atoms with Crippen LogP contribution in [0.25, 0.3) is 0 Å². The Morgan fingerprint density at radius 3 is 2.50 bits per heavy atom. The van der Waals surface area contributed by atoms with E-state index in [4.69, 9.17) is 5.26 Å². The average Bonchev–Trinajstić information content (AvgIpc) is 2.10. The first-order valence-corrected chi connectivity index (χ1v) is 5.12. The van der Waals surface area contributed by atoms with Gasteiger partial charge in [0.2, 0.25) is 0 Å². The third-order valence-electron chi connectivity index (χ3n) is 1.26. The highest BCUT2D eigenvalue weighted by Crippen LogP contribution is 2.13. The number of halogens is 2. The van der Waals surface area contributed by atoms with Crippen molar-refractivity contribution in [2.75, 3.05) is 5.33 Å². The molecule has 1 rings (SSSR count). The first kappa shape index (κ1) is 9.62. The maximum Gasteiger partial charge on any atom is 0.146 e. The summed E-state index contributed by atoms with van der Waals surface area (Å²) in [6.45, 7) is 0. The van der Waals surface area contributed by atoms with Gasteiger partial charge in [-0.25, -0.2) is 9.97 Å². The zero-order chi connectivity index (χ0) is 8.97. The van der Waals surface area contributed by atoms with Gasteiger partial charge >= 0.3 is 0 Å². The lowest BCUT2D eigenvalue weighted by molar-refractivity contribution is 0.864. The highest BCUT2D eigenvalue weighted by Gasteiger charge is 2.10. The van der Waals surface area contributed by atoms with Crippen LogP contribution in [0.3, 0.4) is 0 Å². The van der Waals surface area contributed by atoms with E-state index in [2.05, 4.69) is 47.9 Å². The predicted molar refractivity (Wildman–Crippen MR) is 51.9 cm³/mol. The molecule has 5 heteroatoms. The van der Waals surface area contributed by atoms with Crippen molar-refractivity contribution in [3.63, 3.8) is 0 Å². The fraction of sp³-hybridized carbons (Fsp3) is 0.286. The molecule has 1 aromatic rings. The minimum atomic E-state index is -0.266. The first-order chi connectivity index (χ1) is 5.77. The SMILES string of the molecule is N#CC(CBr)c1ncc(Br)cn1. The average molecular weight is 291 g/mol. The Kier molecular flexibility index (Phi) is 3.63. The number of rotatable bonds is 2. The smallest absolute Gasteiger partial charge is 0.146 e. The molecule has 0 aliphatic heterocycles. The van der Waals surface area contributed by atoms with Gasteiger partial charge in [-0.3, -0.25) is 0 Å². The number of hydrogen-bond donors (Lipinski definition) is 0. The second-order valence-corrected chi connectivity index (χ2v) is 3.66. The summed E-state index contributed by atoms with van der Waals surface area (Å²) in [5.41, 5.74) is 0. The lowest BCUT2D eigenvalue weighted by Crippen LogP contribution is -2.02. The van der Waals surface area contributed by atoms with Crippen LogP contribution in [0, 0.1) is 11.3 Å². The Morgan fingerprint density at radius 2 is 2.08 bits per heavy atom. The van der Waals surface area contributed by atoms with Crippen molar-refractivity contribution < 1.29 is 0 Å². The Morgan fingerprint density at radius 1 is 1.50 bits per heavy atom. The zero-order valence-electron chi connectivity index (χ0n) is 6.04. The van der Waals surface area contributed by atoms with E-state index in [9.17, 15) is 0 Å². The Balaban J connectivity index is 2.89. The van der Waals surface area contributed by atoms with Gasteiger partial charge in [0.25, 0.3) is 0 Å². The molecule has 62 valence electrons. The molecule has 1 unspecified atom stereocenters. The molecule has 1 heterocycles. The molecule has 0 amide bonds. The summed E-state index contributed by atoms with van der Waals surface area (Å²) in [4.78, 5) is 8.02. The van der Waals surface area contributed by atoms with Crippen molar-refractivity contribution in [2.24, 2.45) is 0 Å². The fourth-order valence-corrected chi connectivity index (χ4v) is 1.30. The van der Waals surface area contributed by atoms with E-state index in [1.165, 1.54) is 0 Å². The molecule has 0 bridgehead atoms. The number of aromatic nitrogens is 2. The van der Waals surface area contributed by atoms with Gasteiger partial charge in [-0.2, -0.15) is 5.26 Å². The summed E-state index contributed by atoms with van der Waals surface area (Å²) in [5, 5.41) is 9.24. The van der Waals surface area contributed by atoms with Crippen molar-refractivity contribution in [3.05, 3.63) is 22.7 Å². The molecule has 0 aromatic carbocycles. The Bertz CT molecular complexity index is 291. The van der Waals surface area contributed by atoms with Crippen molar-refractivity contribution in [1.29, 1.82) is 5.26 Å². The Hall–Kier alpha value is -0.470. The molecule has 0 saturated carbocycles. The summed E-state index contributed by atoms with van der Waals surface area (Å²) < 4.78 is 0.817. The van der Waals surface area contributed by atoms with Crippen molar-refractivity contribution in [2.45, 2.75) is 5.92 Å². The molecular formula is C7H5Br2N3. The summed E-state index contributed by atoms with van der Waals surface area (Å²) in [5.74, 6) is 0.288. The first-order valence-electron chi connectivity index (χ1n) is 3.21. The highest BCUT2D eigenvalue weighted by atomic mass is 79.9. The van der Waals surface area contributed by atoms with Crippen LogP contribution in [0.4, 0.5) is 0 Å². The lowest BCUT2D eigenvalue weighted by atomic mass is 10.2. The lowest BCUT2D eigenvalue weighted by Gasteiger charge is -2.01. The largest absolute Gasteiger partial charge is 0.239 e. The van der Waals surface area contributed by atoms with Crippen molar-refractivity contribution in [1.82, 2.24) is 9.97 Å². The van der Waals surface area contributed by atoms with Gasteiger partial charge < -0.3 is 0 Å². The van der Waals surface area contributed by atoms with Gasteiger partial charge in [-0.1, -0.05) is 15.9 Å². The molecule has 0 aliphatic rings. The van der Waals surface area contributed by atoms with E-state index < -0.39 is 0 Å². The van der Waals surface area contributed by atoms with Crippen LogP contribution in [0.15, 0.2) is 16.9 Å². The van der Waals surface area contributed by atoms with Crippen LogP contribution >= 0.6 is 31.9 Å². The van der Waals surface area contributed by atoms with Crippen LogP contribution < -0.4 is 0 Å². The minimum Gasteiger partial charge on any atom is -0.239 e. The van der Waals surface area contributed by atoms with Gasteiger partial charge in [0.1, 0.15) is 11.7 Å². The molecule has 0 saturated heterocycles. The fourth-order valence-electron chi connectivity index (χ4n) is 0.663. The number of alkyl halides is 1. The maximum absolute atomic E-state index is 8.68. The van der Waals surface area contributed by atoms with E-state index in [1.807, 2.05) is 0 Å². The second kappa shape index (κ2) is 4.53. The molecule has 12 heavy (non-hydrogen) atoms. The summed E-state index contributed by atoms with van der Waals surface area (Å²) >= 11 is 6.44. The highest BCUT2D eigenvalue weighted by molar-refractivity contribution is 9.10. The summed E-state index contributed by atoms with van der Waals surface area (Å²) in [7, 11) is 0. The predicted octanol–water partition coefficient (Wildman–Crippen LogP) is 2.24. The topological polar surface area (TPSA) is 49.6 Å². The van der Waals surface area contributed by atoms with E-state index >= 15 is 0 Å². The Labute approximate surface area is 87.1 Å². The zero-order valence-corrected chi connectivity index (χ0v) is 9.21. The standard InChI is InChI=1S/C7H5Br2N3/c8-1-5(2-10)7-11-3-6(9)4-12-7/h3-5H,1H2. The van der Waals surface area contributed by atoms with Crippen LogP contribution in [0.1, 0.15) is 11.7 Å². The molecule has 1 aromatic heterocycles. The molecule has 0 fully saturated rings. The molecule has 0 radical (unpaired) electrons. The third kappa shape index (κ3) is 2.26.